The Kier molecular flexibility index (Phi) is 5.83. The highest BCUT2D eigenvalue weighted by Gasteiger charge is 2.18. The largest absolute Gasteiger partial charge is 0.345 e. The van der Waals surface area contributed by atoms with Gasteiger partial charge in [-0.3, -0.25) is 9.78 Å². The molecule has 126 valence electrons. The Morgan fingerprint density at radius 1 is 1.17 bits per heavy atom. The molecule has 1 fully saturated rings. The van der Waals surface area contributed by atoms with E-state index in [-0.39, 0.29) is 11.9 Å². The van der Waals surface area contributed by atoms with E-state index in [0.717, 1.165) is 30.8 Å². The second kappa shape index (κ2) is 8.27. The van der Waals surface area contributed by atoms with Gasteiger partial charge in [0.2, 0.25) is 5.91 Å². The molecule has 1 saturated heterocycles. The minimum absolute atomic E-state index is 0.0608. The number of hydrogen-bond acceptors (Lipinski definition) is 3. The van der Waals surface area contributed by atoms with Gasteiger partial charge in [0.25, 0.3) is 0 Å². The topological polar surface area (TPSA) is 45.2 Å². The highest BCUT2D eigenvalue weighted by molar-refractivity contribution is 6.30. The summed E-state index contributed by atoms with van der Waals surface area (Å²) in [6, 6.07) is 11.2. The first-order chi connectivity index (χ1) is 11.7. The van der Waals surface area contributed by atoms with Crippen molar-refractivity contribution in [3.63, 3.8) is 0 Å². The summed E-state index contributed by atoms with van der Waals surface area (Å²) in [4.78, 5) is 19.0. The number of aromatic nitrogens is 1. The molecule has 1 aliphatic heterocycles. The minimum Gasteiger partial charge on any atom is -0.345 e. The Morgan fingerprint density at radius 2 is 1.92 bits per heavy atom. The summed E-state index contributed by atoms with van der Waals surface area (Å²) in [6.45, 7) is 3.04. The van der Waals surface area contributed by atoms with Gasteiger partial charge in [-0.15, -0.1) is 0 Å². The van der Waals surface area contributed by atoms with Crippen LogP contribution in [0.2, 0.25) is 5.02 Å². The van der Waals surface area contributed by atoms with Gasteiger partial charge in [0.15, 0.2) is 0 Å². The van der Waals surface area contributed by atoms with Gasteiger partial charge in [-0.1, -0.05) is 29.8 Å². The lowest BCUT2D eigenvalue weighted by molar-refractivity contribution is -0.121. The fourth-order valence-electron chi connectivity index (χ4n) is 3.06. The van der Waals surface area contributed by atoms with Gasteiger partial charge >= 0.3 is 0 Å². The minimum atomic E-state index is -0.206. The van der Waals surface area contributed by atoms with Crippen LogP contribution in [0.4, 0.5) is 0 Å². The molecular weight excluding hydrogens is 322 g/mol. The Morgan fingerprint density at radius 3 is 2.58 bits per heavy atom. The number of amides is 1. The van der Waals surface area contributed by atoms with Crippen molar-refractivity contribution in [2.45, 2.75) is 25.3 Å². The lowest BCUT2D eigenvalue weighted by Gasteiger charge is -2.21. The Labute approximate surface area is 147 Å². The van der Waals surface area contributed by atoms with Gasteiger partial charge < -0.3 is 10.2 Å². The first-order valence-corrected chi connectivity index (χ1v) is 8.77. The fourth-order valence-corrected chi connectivity index (χ4v) is 3.19. The number of likely N-dealkylation sites (tertiary alicyclic amines) is 1. The molecule has 0 unspecified atom stereocenters. The Hall–Kier alpha value is -1.91. The van der Waals surface area contributed by atoms with Crippen LogP contribution in [-0.4, -0.2) is 35.4 Å². The van der Waals surface area contributed by atoms with Crippen molar-refractivity contribution < 1.29 is 4.79 Å². The zero-order chi connectivity index (χ0) is 16.8. The fraction of sp³-hybridized carbons (Fsp3) is 0.368. The number of carbonyl (C=O) groups excluding carboxylic acids is 1. The third-order valence-electron chi connectivity index (χ3n) is 4.38. The van der Waals surface area contributed by atoms with Crippen molar-refractivity contribution in [3.8, 4) is 0 Å². The van der Waals surface area contributed by atoms with E-state index >= 15 is 0 Å². The number of nitrogens with zero attached hydrogens (tertiary/aromatic N) is 2. The van der Waals surface area contributed by atoms with E-state index in [2.05, 4.69) is 15.2 Å². The average Bonchev–Trinajstić information content (AvgIpc) is 3.13. The summed E-state index contributed by atoms with van der Waals surface area (Å²) in [5, 5.41) is 3.83. The monoisotopic (exact) mass is 343 g/mol. The van der Waals surface area contributed by atoms with Crippen LogP contribution in [0.25, 0.3) is 0 Å². The van der Waals surface area contributed by atoms with E-state index in [1.165, 1.54) is 12.8 Å². The number of benzene rings is 1. The highest BCUT2D eigenvalue weighted by atomic mass is 35.5. The van der Waals surface area contributed by atoms with Crippen LogP contribution in [0.15, 0.2) is 48.8 Å². The van der Waals surface area contributed by atoms with Crippen LogP contribution in [0.3, 0.4) is 0 Å². The molecular formula is C19H22ClN3O. The third kappa shape index (κ3) is 4.56. The van der Waals surface area contributed by atoms with Crippen molar-refractivity contribution in [2.24, 2.45) is 0 Å². The van der Waals surface area contributed by atoms with Gasteiger partial charge in [-0.25, -0.2) is 0 Å². The molecule has 0 aliphatic carbocycles. The molecule has 0 saturated carbocycles. The smallest absolute Gasteiger partial charge is 0.222 e. The van der Waals surface area contributed by atoms with Gasteiger partial charge in [-0.05, 0) is 55.3 Å². The number of nitrogens with one attached hydrogen (secondary N) is 1. The molecule has 0 radical (unpaired) electrons. The van der Waals surface area contributed by atoms with E-state index in [9.17, 15) is 4.79 Å². The molecule has 5 heteroatoms. The zero-order valence-corrected chi connectivity index (χ0v) is 14.4. The molecule has 24 heavy (non-hydrogen) atoms. The van der Waals surface area contributed by atoms with E-state index in [0.29, 0.717) is 11.4 Å². The second-order valence-electron chi connectivity index (χ2n) is 6.14. The number of carbonyl (C=O) groups is 1. The summed E-state index contributed by atoms with van der Waals surface area (Å²) in [7, 11) is 0. The SMILES string of the molecule is O=C(CCN1CCCC1)N[C@@H](c1ccc(Cl)cc1)c1cccnc1. The molecule has 1 aliphatic rings. The summed E-state index contributed by atoms with van der Waals surface area (Å²) in [5.41, 5.74) is 1.97. The average molecular weight is 344 g/mol. The molecule has 2 heterocycles. The summed E-state index contributed by atoms with van der Waals surface area (Å²) in [6.07, 6.45) is 6.53. The standard InChI is InChI=1S/C19H22ClN3O/c20-17-7-5-15(6-8-17)19(16-4-3-10-21-14-16)22-18(24)9-13-23-11-1-2-12-23/h3-8,10,14,19H,1-2,9,11-13H2,(H,22,24)/t19-/m0/s1. The summed E-state index contributed by atoms with van der Waals surface area (Å²) < 4.78 is 0. The van der Waals surface area contributed by atoms with Gasteiger partial charge in [0.05, 0.1) is 6.04 Å². The van der Waals surface area contributed by atoms with Crippen LogP contribution in [0.5, 0.6) is 0 Å². The second-order valence-corrected chi connectivity index (χ2v) is 6.57. The van der Waals surface area contributed by atoms with Crippen molar-refractivity contribution in [2.75, 3.05) is 19.6 Å². The number of pyridine rings is 1. The molecule has 3 rings (SSSR count). The lowest BCUT2D eigenvalue weighted by atomic mass is 10.00. The van der Waals surface area contributed by atoms with Crippen LogP contribution in [0.1, 0.15) is 36.4 Å². The number of halogens is 1. The van der Waals surface area contributed by atoms with Crippen molar-refractivity contribution in [3.05, 3.63) is 64.9 Å². The molecule has 4 nitrogen and oxygen atoms in total. The molecule has 1 N–H and O–H groups in total. The first-order valence-electron chi connectivity index (χ1n) is 8.39. The van der Waals surface area contributed by atoms with E-state index in [1.807, 2.05) is 36.4 Å². The molecule has 2 aromatic rings. The Balaban J connectivity index is 1.70. The van der Waals surface area contributed by atoms with Gasteiger partial charge in [-0.2, -0.15) is 0 Å². The van der Waals surface area contributed by atoms with Gasteiger partial charge in [0.1, 0.15) is 0 Å². The Bertz CT molecular complexity index is 654. The quantitative estimate of drug-likeness (QED) is 0.874. The maximum Gasteiger partial charge on any atom is 0.222 e. The molecule has 1 aromatic carbocycles. The number of hydrogen-bond donors (Lipinski definition) is 1. The number of rotatable bonds is 6. The van der Waals surface area contributed by atoms with Crippen molar-refractivity contribution in [1.29, 1.82) is 0 Å². The molecule has 1 aromatic heterocycles. The molecule has 0 bridgehead atoms. The predicted octanol–water partition coefficient (Wildman–Crippen LogP) is 3.43. The summed E-state index contributed by atoms with van der Waals surface area (Å²) >= 11 is 5.99. The third-order valence-corrected chi connectivity index (χ3v) is 4.63. The van der Waals surface area contributed by atoms with Crippen molar-refractivity contribution in [1.82, 2.24) is 15.2 Å². The molecule has 0 spiro atoms. The normalized spacial score (nSPS) is 16.0. The van der Waals surface area contributed by atoms with Crippen LogP contribution < -0.4 is 5.32 Å². The maximum atomic E-state index is 12.4. The first kappa shape index (κ1) is 16.9. The maximum absolute atomic E-state index is 12.4. The predicted molar refractivity (Wildman–Crippen MR) is 96.0 cm³/mol. The van der Waals surface area contributed by atoms with Crippen LogP contribution in [-0.2, 0) is 4.79 Å². The zero-order valence-electron chi connectivity index (χ0n) is 13.6. The van der Waals surface area contributed by atoms with Crippen LogP contribution >= 0.6 is 11.6 Å². The van der Waals surface area contributed by atoms with E-state index in [4.69, 9.17) is 11.6 Å². The molecule has 1 atom stereocenters. The molecule has 1 amide bonds. The van der Waals surface area contributed by atoms with E-state index in [1.54, 1.807) is 12.4 Å². The van der Waals surface area contributed by atoms with E-state index < -0.39 is 0 Å². The highest BCUT2D eigenvalue weighted by Crippen LogP contribution is 2.23. The van der Waals surface area contributed by atoms with Crippen molar-refractivity contribution >= 4 is 17.5 Å². The summed E-state index contributed by atoms with van der Waals surface area (Å²) in [5.74, 6) is 0.0608. The van der Waals surface area contributed by atoms with Crippen LogP contribution in [0, 0.1) is 0 Å². The van der Waals surface area contributed by atoms with Gasteiger partial charge in [0, 0.05) is 30.4 Å². The lowest BCUT2D eigenvalue weighted by Crippen LogP contribution is -2.32.